The summed E-state index contributed by atoms with van der Waals surface area (Å²) in [7, 11) is 0. The lowest BCUT2D eigenvalue weighted by Gasteiger charge is -2.18. The van der Waals surface area contributed by atoms with Crippen molar-refractivity contribution in [2.45, 2.75) is 67.0 Å². The Bertz CT molecular complexity index is 643. The molecule has 0 aliphatic heterocycles. The number of carbonyl (C=O) groups is 3. The lowest BCUT2D eigenvalue weighted by atomic mass is 10.0. The van der Waals surface area contributed by atoms with Gasteiger partial charge in [-0.15, -0.1) is 0 Å². The molecule has 1 aromatic carbocycles. The fourth-order valence-corrected chi connectivity index (χ4v) is 2.60. The summed E-state index contributed by atoms with van der Waals surface area (Å²) < 4.78 is 10.6. The van der Waals surface area contributed by atoms with Gasteiger partial charge in [-0.25, -0.2) is 4.79 Å². The van der Waals surface area contributed by atoms with Crippen LogP contribution in [-0.2, 0) is 20.9 Å². The third-order valence-electron chi connectivity index (χ3n) is 3.88. The first-order valence-corrected chi connectivity index (χ1v) is 8.88. The van der Waals surface area contributed by atoms with E-state index in [0.717, 1.165) is 16.7 Å². The van der Waals surface area contributed by atoms with Gasteiger partial charge in [-0.2, -0.15) is 0 Å². The van der Waals surface area contributed by atoms with Crippen LogP contribution < -0.4 is 10.1 Å². The molecule has 6 nitrogen and oxygen atoms in total. The second-order valence-corrected chi connectivity index (χ2v) is 6.90. The maximum Gasteiger partial charge on any atom is 0.408 e. The molecule has 0 aromatic heterocycles. The molecule has 144 valence electrons. The fourth-order valence-electron chi connectivity index (χ4n) is 2.60. The number of ether oxygens (including phenoxy) is 2. The van der Waals surface area contributed by atoms with Crippen molar-refractivity contribution in [3.63, 3.8) is 0 Å². The molecule has 1 rings (SSSR count). The SMILES string of the molecule is CCC(=O)Oc1c(C)cc(COC(=O)NC(CC(C)C)C(C)=O)cc1C. The van der Waals surface area contributed by atoms with Crippen LogP contribution in [0.25, 0.3) is 0 Å². The van der Waals surface area contributed by atoms with Gasteiger partial charge in [0.15, 0.2) is 5.78 Å². The molecular weight excluding hydrogens is 334 g/mol. The maximum atomic E-state index is 12.0. The lowest BCUT2D eigenvalue weighted by molar-refractivity contribution is -0.134. The molecule has 1 N–H and O–H groups in total. The quantitative estimate of drug-likeness (QED) is 0.560. The minimum Gasteiger partial charge on any atom is -0.445 e. The Labute approximate surface area is 155 Å². The van der Waals surface area contributed by atoms with Crippen LogP contribution in [0.2, 0.25) is 0 Å². The van der Waals surface area contributed by atoms with Crippen molar-refractivity contribution >= 4 is 17.8 Å². The summed E-state index contributed by atoms with van der Waals surface area (Å²) in [4.78, 5) is 35.1. The zero-order valence-corrected chi connectivity index (χ0v) is 16.5. The van der Waals surface area contributed by atoms with Gasteiger partial charge in [0.05, 0.1) is 6.04 Å². The molecule has 0 saturated heterocycles. The van der Waals surface area contributed by atoms with Crippen LogP contribution in [0.3, 0.4) is 0 Å². The first-order valence-electron chi connectivity index (χ1n) is 8.88. The number of rotatable bonds is 8. The van der Waals surface area contributed by atoms with Gasteiger partial charge in [0, 0.05) is 6.42 Å². The molecule has 1 unspecified atom stereocenters. The van der Waals surface area contributed by atoms with E-state index in [-0.39, 0.29) is 24.3 Å². The smallest absolute Gasteiger partial charge is 0.408 e. The van der Waals surface area contributed by atoms with Crippen LogP contribution in [-0.4, -0.2) is 23.9 Å². The molecule has 0 spiro atoms. The highest BCUT2D eigenvalue weighted by Crippen LogP contribution is 2.25. The van der Waals surface area contributed by atoms with E-state index in [1.807, 2.05) is 39.8 Å². The van der Waals surface area contributed by atoms with Crippen LogP contribution in [0.1, 0.15) is 57.2 Å². The van der Waals surface area contributed by atoms with Gasteiger partial charge in [0.2, 0.25) is 0 Å². The van der Waals surface area contributed by atoms with E-state index in [9.17, 15) is 14.4 Å². The van der Waals surface area contributed by atoms with Crippen molar-refractivity contribution < 1.29 is 23.9 Å². The van der Waals surface area contributed by atoms with E-state index < -0.39 is 12.1 Å². The van der Waals surface area contributed by atoms with Crippen molar-refractivity contribution in [2.75, 3.05) is 0 Å². The Hall–Kier alpha value is -2.37. The number of Topliss-reactive ketones (excluding diaryl/α,β-unsaturated/α-hetero) is 1. The lowest BCUT2D eigenvalue weighted by Crippen LogP contribution is -2.40. The third kappa shape index (κ3) is 6.86. The van der Waals surface area contributed by atoms with Crippen molar-refractivity contribution in [3.8, 4) is 5.75 Å². The standard InChI is InChI=1S/C20H29NO5/c1-7-18(23)26-19-13(4)9-16(10-14(19)5)11-25-20(24)21-17(15(6)22)8-12(2)3/h9-10,12,17H,7-8,11H2,1-6H3,(H,21,24). The van der Waals surface area contributed by atoms with Gasteiger partial charge in [0.25, 0.3) is 0 Å². The van der Waals surface area contributed by atoms with Crippen LogP contribution in [0.5, 0.6) is 5.75 Å². The van der Waals surface area contributed by atoms with Gasteiger partial charge < -0.3 is 14.8 Å². The van der Waals surface area contributed by atoms with Crippen molar-refractivity contribution in [1.29, 1.82) is 0 Å². The summed E-state index contributed by atoms with van der Waals surface area (Å²) in [6, 6.07) is 3.09. The molecule has 0 bridgehead atoms. The summed E-state index contributed by atoms with van der Waals surface area (Å²) in [6.45, 7) is 10.9. The zero-order valence-electron chi connectivity index (χ0n) is 16.5. The Balaban J connectivity index is 2.70. The first-order chi connectivity index (χ1) is 12.1. The second-order valence-electron chi connectivity index (χ2n) is 6.90. The highest BCUT2D eigenvalue weighted by molar-refractivity contribution is 5.85. The summed E-state index contributed by atoms with van der Waals surface area (Å²) >= 11 is 0. The molecule has 0 aliphatic rings. The average Bonchev–Trinajstić information content (AvgIpc) is 2.54. The number of esters is 1. The molecular formula is C20H29NO5. The number of aryl methyl sites for hydroxylation is 2. The third-order valence-corrected chi connectivity index (χ3v) is 3.88. The molecule has 0 fully saturated rings. The molecule has 1 aromatic rings. The van der Waals surface area contributed by atoms with Gasteiger partial charge in [0.1, 0.15) is 12.4 Å². The summed E-state index contributed by atoms with van der Waals surface area (Å²) in [6.07, 6.45) is 0.250. The Morgan fingerprint density at radius 3 is 2.15 bits per heavy atom. The van der Waals surface area contributed by atoms with Crippen LogP contribution in [0.15, 0.2) is 12.1 Å². The normalized spacial score (nSPS) is 11.8. The summed E-state index contributed by atoms with van der Waals surface area (Å²) in [5.41, 5.74) is 2.38. The first kappa shape index (κ1) is 21.7. The Kier molecular flexibility index (Phi) is 8.29. The number of hydrogen-bond acceptors (Lipinski definition) is 5. The molecule has 0 saturated carbocycles. The maximum absolute atomic E-state index is 12.0. The minimum atomic E-state index is -0.623. The Morgan fingerprint density at radius 1 is 1.12 bits per heavy atom. The van der Waals surface area contributed by atoms with Crippen LogP contribution >= 0.6 is 0 Å². The molecule has 1 atom stereocenters. The largest absolute Gasteiger partial charge is 0.445 e. The Morgan fingerprint density at radius 2 is 1.69 bits per heavy atom. The topological polar surface area (TPSA) is 81.7 Å². The fraction of sp³-hybridized carbons (Fsp3) is 0.550. The number of hydrogen-bond donors (Lipinski definition) is 1. The molecule has 0 radical (unpaired) electrons. The molecule has 6 heteroatoms. The number of alkyl carbamates (subject to hydrolysis) is 1. The molecule has 0 aliphatic carbocycles. The van der Waals surface area contributed by atoms with E-state index in [0.29, 0.717) is 18.6 Å². The number of nitrogens with one attached hydrogen (secondary N) is 1. The van der Waals surface area contributed by atoms with Crippen molar-refractivity contribution in [2.24, 2.45) is 5.92 Å². The number of benzene rings is 1. The number of carbonyl (C=O) groups excluding carboxylic acids is 3. The van der Waals surface area contributed by atoms with E-state index in [1.165, 1.54) is 6.92 Å². The number of ketones is 1. The van der Waals surface area contributed by atoms with E-state index in [2.05, 4.69) is 5.32 Å². The van der Waals surface area contributed by atoms with Crippen LogP contribution in [0.4, 0.5) is 4.79 Å². The molecule has 1 amide bonds. The van der Waals surface area contributed by atoms with Gasteiger partial charge in [-0.05, 0) is 61.9 Å². The summed E-state index contributed by atoms with van der Waals surface area (Å²) in [5, 5.41) is 2.61. The number of amides is 1. The van der Waals surface area contributed by atoms with E-state index in [1.54, 1.807) is 6.92 Å². The highest BCUT2D eigenvalue weighted by atomic mass is 16.5. The van der Waals surface area contributed by atoms with Crippen molar-refractivity contribution in [3.05, 3.63) is 28.8 Å². The summed E-state index contributed by atoms with van der Waals surface area (Å²) in [5.74, 6) is 0.441. The van der Waals surface area contributed by atoms with Crippen LogP contribution in [0, 0.1) is 19.8 Å². The van der Waals surface area contributed by atoms with E-state index in [4.69, 9.17) is 9.47 Å². The monoisotopic (exact) mass is 363 g/mol. The van der Waals surface area contributed by atoms with Gasteiger partial charge in [-0.1, -0.05) is 20.8 Å². The van der Waals surface area contributed by atoms with Gasteiger partial charge in [-0.3, -0.25) is 9.59 Å². The zero-order chi connectivity index (χ0) is 19.9. The van der Waals surface area contributed by atoms with Crippen molar-refractivity contribution in [1.82, 2.24) is 5.32 Å². The average molecular weight is 363 g/mol. The second kappa shape index (κ2) is 9.94. The van der Waals surface area contributed by atoms with E-state index >= 15 is 0 Å². The highest BCUT2D eigenvalue weighted by Gasteiger charge is 2.19. The molecule has 26 heavy (non-hydrogen) atoms. The van der Waals surface area contributed by atoms with Gasteiger partial charge >= 0.3 is 12.1 Å². The minimum absolute atomic E-state index is 0.0713. The predicted molar refractivity (Wildman–Crippen MR) is 99.1 cm³/mol. The predicted octanol–water partition coefficient (Wildman–Crippen LogP) is 3.85. The molecule has 0 heterocycles.